The van der Waals surface area contributed by atoms with E-state index in [4.69, 9.17) is 4.74 Å². The number of aryl methyl sites for hydroxylation is 1. The van der Waals surface area contributed by atoms with Crippen molar-refractivity contribution >= 4 is 11.3 Å². The number of benzene rings is 2. The lowest BCUT2D eigenvalue weighted by atomic mass is 10.2. The van der Waals surface area contributed by atoms with Gasteiger partial charge in [-0.15, -0.1) is 11.3 Å². The second kappa shape index (κ2) is 5.88. The second-order valence-electron chi connectivity index (χ2n) is 4.61. The second-order valence-corrected chi connectivity index (χ2v) is 5.47. The third kappa shape index (κ3) is 3.06. The van der Waals surface area contributed by atoms with Crippen LogP contribution in [0.3, 0.4) is 0 Å². The van der Waals surface area contributed by atoms with Crippen LogP contribution in [0.4, 0.5) is 0 Å². The van der Waals surface area contributed by atoms with Crippen LogP contribution in [0.15, 0.2) is 60.0 Å². The normalized spacial score (nSPS) is 10.4. The van der Waals surface area contributed by atoms with Gasteiger partial charge in [0.2, 0.25) is 0 Å². The third-order valence-corrected chi connectivity index (χ3v) is 3.92. The first-order chi connectivity index (χ1) is 9.81. The van der Waals surface area contributed by atoms with E-state index in [-0.39, 0.29) is 0 Å². The van der Waals surface area contributed by atoms with Gasteiger partial charge in [0.25, 0.3) is 0 Å². The zero-order chi connectivity index (χ0) is 13.8. The molecule has 2 nitrogen and oxygen atoms in total. The zero-order valence-corrected chi connectivity index (χ0v) is 12.1. The molecule has 100 valence electrons. The lowest BCUT2D eigenvalue weighted by molar-refractivity contribution is 0.302. The smallest absolute Gasteiger partial charge is 0.131 e. The molecule has 0 amide bonds. The summed E-state index contributed by atoms with van der Waals surface area (Å²) >= 11 is 1.65. The Labute approximate surface area is 122 Å². The Morgan fingerprint density at radius 1 is 1.00 bits per heavy atom. The SMILES string of the molecule is Cc1ccc(OCc2csc(-c3ccccc3)n2)cc1. The number of nitrogens with zero attached hydrogens (tertiary/aromatic N) is 1. The number of ether oxygens (including phenoxy) is 1. The number of aromatic nitrogens is 1. The summed E-state index contributed by atoms with van der Waals surface area (Å²) in [7, 11) is 0. The molecule has 1 heterocycles. The molecule has 0 saturated heterocycles. The van der Waals surface area contributed by atoms with E-state index in [9.17, 15) is 0 Å². The summed E-state index contributed by atoms with van der Waals surface area (Å²) in [6.45, 7) is 2.57. The topological polar surface area (TPSA) is 22.1 Å². The summed E-state index contributed by atoms with van der Waals surface area (Å²) in [6, 6.07) is 18.3. The van der Waals surface area contributed by atoms with Gasteiger partial charge < -0.3 is 4.74 Å². The summed E-state index contributed by atoms with van der Waals surface area (Å²) in [6.07, 6.45) is 0. The molecule has 0 bridgehead atoms. The Hall–Kier alpha value is -2.13. The predicted octanol–water partition coefficient (Wildman–Crippen LogP) is 4.70. The van der Waals surface area contributed by atoms with E-state index in [1.54, 1.807) is 11.3 Å². The van der Waals surface area contributed by atoms with Crippen molar-refractivity contribution < 1.29 is 4.74 Å². The first-order valence-electron chi connectivity index (χ1n) is 6.50. The van der Waals surface area contributed by atoms with Crippen LogP contribution >= 0.6 is 11.3 Å². The summed E-state index contributed by atoms with van der Waals surface area (Å²) in [4.78, 5) is 4.61. The summed E-state index contributed by atoms with van der Waals surface area (Å²) in [5.41, 5.74) is 3.35. The number of hydrogen-bond acceptors (Lipinski definition) is 3. The monoisotopic (exact) mass is 281 g/mol. The Morgan fingerprint density at radius 2 is 1.75 bits per heavy atom. The fourth-order valence-corrected chi connectivity index (χ4v) is 2.69. The molecular formula is C17H15NOS. The van der Waals surface area contributed by atoms with E-state index in [0.717, 1.165) is 22.0 Å². The molecule has 3 rings (SSSR count). The molecule has 3 heteroatoms. The average molecular weight is 281 g/mol. The molecule has 0 spiro atoms. The molecule has 1 aromatic heterocycles. The van der Waals surface area contributed by atoms with E-state index in [1.165, 1.54) is 5.56 Å². The largest absolute Gasteiger partial charge is 0.487 e. The molecule has 0 aliphatic heterocycles. The van der Waals surface area contributed by atoms with E-state index in [0.29, 0.717) is 6.61 Å². The van der Waals surface area contributed by atoms with Crippen LogP contribution in [0, 0.1) is 6.92 Å². The number of thiazole rings is 1. The van der Waals surface area contributed by atoms with Crippen molar-refractivity contribution in [3.05, 3.63) is 71.2 Å². The molecule has 0 aliphatic rings. The molecule has 0 aliphatic carbocycles. The molecule has 0 unspecified atom stereocenters. The van der Waals surface area contributed by atoms with Crippen molar-refractivity contribution in [3.8, 4) is 16.3 Å². The van der Waals surface area contributed by atoms with E-state index in [1.807, 2.05) is 42.5 Å². The van der Waals surface area contributed by atoms with Gasteiger partial charge in [-0.05, 0) is 19.1 Å². The highest BCUT2D eigenvalue weighted by Gasteiger charge is 2.04. The Balaban J connectivity index is 1.67. The van der Waals surface area contributed by atoms with Gasteiger partial charge in [0.1, 0.15) is 17.4 Å². The summed E-state index contributed by atoms with van der Waals surface area (Å²) in [5.74, 6) is 0.880. The van der Waals surface area contributed by atoms with Crippen LogP contribution in [0.2, 0.25) is 0 Å². The van der Waals surface area contributed by atoms with E-state index in [2.05, 4.69) is 29.4 Å². The molecule has 0 atom stereocenters. The van der Waals surface area contributed by atoms with Crippen molar-refractivity contribution in [3.63, 3.8) is 0 Å². The van der Waals surface area contributed by atoms with Gasteiger partial charge in [-0.25, -0.2) is 4.98 Å². The lowest BCUT2D eigenvalue weighted by Crippen LogP contribution is -1.95. The highest BCUT2D eigenvalue weighted by Crippen LogP contribution is 2.24. The first-order valence-corrected chi connectivity index (χ1v) is 7.38. The average Bonchev–Trinajstić information content (AvgIpc) is 2.97. The van der Waals surface area contributed by atoms with Gasteiger partial charge in [0, 0.05) is 10.9 Å². The van der Waals surface area contributed by atoms with Crippen LogP contribution in [-0.4, -0.2) is 4.98 Å². The van der Waals surface area contributed by atoms with Crippen LogP contribution in [0.1, 0.15) is 11.3 Å². The van der Waals surface area contributed by atoms with Gasteiger partial charge in [0.15, 0.2) is 0 Å². The van der Waals surface area contributed by atoms with Crippen molar-refractivity contribution in [1.82, 2.24) is 4.98 Å². The highest BCUT2D eigenvalue weighted by molar-refractivity contribution is 7.13. The van der Waals surface area contributed by atoms with Crippen molar-refractivity contribution in [1.29, 1.82) is 0 Å². The van der Waals surface area contributed by atoms with Crippen LogP contribution in [0.5, 0.6) is 5.75 Å². The number of rotatable bonds is 4. The highest BCUT2D eigenvalue weighted by atomic mass is 32.1. The standard InChI is InChI=1S/C17H15NOS/c1-13-7-9-16(10-8-13)19-11-15-12-20-17(18-15)14-5-3-2-4-6-14/h2-10,12H,11H2,1H3. The number of hydrogen-bond donors (Lipinski definition) is 0. The minimum absolute atomic E-state index is 0.506. The Bertz CT molecular complexity index is 674. The Kier molecular flexibility index (Phi) is 3.79. The Morgan fingerprint density at radius 3 is 2.50 bits per heavy atom. The van der Waals surface area contributed by atoms with Gasteiger partial charge >= 0.3 is 0 Å². The van der Waals surface area contributed by atoms with Crippen LogP contribution in [0.25, 0.3) is 10.6 Å². The third-order valence-electron chi connectivity index (χ3n) is 2.98. The maximum Gasteiger partial charge on any atom is 0.131 e. The minimum atomic E-state index is 0.506. The molecule has 0 fully saturated rings. The predicted molar refractivity (Wildman–Crippen MR) is 83.1 cm³/mol. The first kappa shape index (κ1) is 12.9. The quantitative estimate of drug-likeness (QED) is 0.691. The zero-order valence-electron chi connectivity index (χ0n) is 11.2. The minimum Gasteiger partial charge on any atom is -0.487 e. The van der Waals surface area contributed by atoms with E-state index >= 15 is 0 Å². The molecule has 20 heavy (non-hydrogen) atoms. The maximum absolute atomic E-state index is 5.74. The van der Waals surface area contributed by atoms with Crippen LogP contribution in [-0.2, 0) is 6.61 Å². The molecule has 2 aromatic carbocycles. The molecule has 0 radical (unpaired) electrons. The molecule has 0 N–H and O–H groups in total. The lowest BCUT2D eigenvalue weighted by Gasteiger charge is -2.04. The van der Waals surface area contributed by atoms with E-state index < -0.39 is 0 Å². The summed E-state index contributed by atoms with van der Waals surface area (Å²) < 4.78 is 5.74. The molecular weight excluding hydrogens is 266 g/mol. The van der Waals surface area contributed by atoms with Crippen molar-refractivity contribution in [2.24, 2.45) is 0 Å². The summed E-state index contributed by atoms with van der Waals surface area (Å²) in [5, 5.41) is 3.09. The van der Waals surface area contributed by atoms with Gasteiger partial charge in [-0.1, -0.05) is 48.0 Å². The maximum atomic E-state index is 5.74. The van der Waals surface area contributed by atoms with Crippen molar-refractivity contribution in [2.45, 2.75) is 13.5 Å². The van der Waals surface area contributed by atoms with Gasteiger partial charge in [-0.2, -0.15) is 0 Å². The molecule has 0 saturated carbocycles. The van der Waals surface area contributed by atoms with Gasteiger partial charge in [0.05, 0.1) is 5.69 Å². The van der Waals surface area contributed by atoms with Gasteiger partial charge in [-0.3, -0.25) is 0 Å². The fourth-order valence-electron chi connectivity index (χ4n) is 1.88. The fraction of sp³-hybridized carbons (Fsp3) is 0.118. The van der Waals surface area contributed by atoms with Crippen LogP contribution < -0.4 is 4.74 Å². The molecule has 3 aromatic rings. The van der Waals surface area contributed by atoms with Crippen molar-refractivity contribution in [2.75, 3.05) is 0 Å².